The number of hydrogen-bond acceptors (Lipinski definition) is 1. The number of nitrogens with zero attached hydrogens (tertiary/aromatic N) is 2. The summed E-state index contributed by atoms with van der Waals surface area (Å²) in [6.07, 6.45) is 0. The molecule has 0 aliphatic heterocycles. The number of aryl methyl sites for hydroxylation is 1. The van der Waals surface area contributed by atoms with Crippen molar-refractivity contribution in [2.24, 2.45) is 7.05 Å². The number of hydrogen-bond donors (Lipinski definition) is 0. The van der Waals surface area contributed by atoms with E-state index < -0.39 is 0 Å². The average molecular weight is 627 g/mol. The van der Waals surface area contributed by atoms with Crippen LogP contribution in [0.15, 0.2) is 188 Å². The van der Waals surface area contributed by atoms with E-state index in [-0.39, 0.29) is 0 Å². The molecule has 232 valence electrons. The molecule has 0 atom stereocenters. The molecule has 2 nitrogen and oxygen atoms in total. The highest BCUT2D eigenvalue weighted by molar-refractivity contribution is 6.22. The minimum absolute atomic E-state index is 1.12. The van der Waals surface area contributed by atoms with Gasteiger partial charge in [-0.25, -0.2) is 0 Å². The topological polar surface area (TPSA) is 8.17 Å². The van der Waals surface area contributed by atoms with Gasteiger partial charge in [0.2, 0.25) is 0 Å². The molecule has 0 saturated carbocycles. The molecular formula is C47H34N2. The quantitative estimate of drug-likeness (QED) is 0.178. The fourth-order valence-electron chi connectivity index (χ4n) is 7.39. The lowest BCUT2D eigenvalue weighted by atomic mass is 9.97. The van der Waals surface area contributed by atoms with Gasteiger partial charge >= 0.3 is 0 Å². The molecule has 0 radical (unpaired) electrons. The number of aromatic nitrogens is 1. The molecule has 0 bridgehead atoms. The van der Waals surface area contributed by atoms with Gasteiger partial charge in [-0.05, 0) is 81.1 Å². The summed E-state index contributed by atoms with van der Waals surface area (Å²) in [4.78, 5) is 2.31. The van der Waals surface area contributed by atoms with Crippen LogP contribution in [0.25, 0.3) is 66.0 Å². The number of rotatable bonds is 6. The second-order valence-electron chi connectivity index (χ2n) is 12.6. The van der Waals surface area contributed by atoms with Crippen molar-refractivity contribution < 1.29 is 0 Å². The maximum absolute atomic E-state index is 2.35. The van der Waals surface area contributed by atoms with Crippen molar-refractivity contribution >= 4 is 49.6 Å². The Morgan fingerprint density at radius 1 is 0.367 bits per heavy atom. The van der Waals surface area contributed by atoms with Gasteiger partial charge < -0.3 is 9.47 Å². The molecule has 0 aliphatic rings. The smallest absolute Gasteiger partial charge is 0.0568 e. The van der Waals surface area contributed by atoms with Crippen LogP contribution in [-0.4, -0.2) is 4.57 Å². The summed E-state index contributed by atoms with van der Waals surface area (Å²) in [5.74, 6) is 0. The SMILES string of the molecule is Cn1c2ccc3ccccc3c2c2cccc(-c3ccc(-c4ccc(N(c5ccccc5)c5ccc(-c6ccccc6)cc5)cc4)cc3)c21. The largest absolute Gasteiger partial charge is 0.343 e. The molecule has 0 spiro atoms. The van der Waals surface area contributed by atoms with Crippen LogP contribution in [0.3, 0.4) is 0 Å². The Balaban J connectivity index is 1.05. The van der Waals surface area contributed by atoms with Crippen molar-refractivity contribution in [3.63, 3.8) is 0 Å². The zero-order valence-corrected chi connectivity index (χ0v) is 27.3. The first kappa shape index (κ1) is 28.8. The number of para-hydroxylation sites is 2. The summed E-state index contributed by atoms with van der Waals surface area (Å²) >= 11 is 0. The first-order valence-electron chi connectivity index (χ1n) is 16.8. The summed E-state index contributed by atoms with van der Waals surface area (Å²) in [6.45, 7) is 0. The van der Waals surface area contributed by atoms with Crippen LogP contribution in [0.5, 0.6) is 0 Å². The van der Waals surface area contributed by atoms with Gasteiger partial charge in [0.1, 0.15) is 0 Å². The van der Waals surface area contributed by atoms with Crippen LogP contribution in [0.4, 0.5) is 17.1 Å². The second-order valence-corrected chi connectivity index (χ2v) is 12.6. The maximum atomic E-state index is 2.35. The molecule has 49 heavy (non-hydrogen) atoms. The zero-order chi connectivity index (χ0) is 32.7. The molecule has 1 aromatic heterocycles. The molecule has 0 fully saturated rings. The summed E-state index contributed by atoms with van der Waals surface area (Å²) in [6, 6.07) is 67.8. The van der Waals surface area contributed by atoms with E-state index in [1.54, 1.807) is 0 Å². The van der Waals surface area contributed by atoms with E-state index in [1.165, 1.54) is 66.0 Å². The van der Waals surface area contributed by atoms with Gasteiger partial charge in [0.05, 0.1) is 5.52 Å². The van der Waals surface area contributed by atoms with Gasteiger partial charge in [-0.3, -0.25) is 0 Å². The van der Waals surface area contributed by atoms with Crippen molar-refractivity contribution in [2.75, 3.05) is 4.90 Å². The van der Waals surface area contributed by atoms with Crippen molar-refractivity contribution in [1.29, 1.82) is 0 Å². The molecule has 8 aromatic carbocycles. The van der Waals surface area contributed by atoms with E-state index in [0.717, 1.165) is 17.1 Å². The van der Waals surface area contributed by atoms with Crippen molar-refractivity contribution in [2.45, 2.75) is 0 Å². The molecule has 0 aliphatic carbocycles. The van der Waals surface area contributed by atoms with Crippen LogP contribution in [-0.2, 0) is 7.05 Å². The predicted molar refractivity (Wildman–Crippen MR) is 209 cm³/mol. The lowest BCUT2D eigenvalue weighted by molar-refractivity contribution is 1.02. The van der Waals surface area contributed by atoms with E-state index in [2.05, 4.69) is 205 Å². The fraction of sp³-hybridized carbons (Fsp3) is 0.0213. The first-order valence-corrected chi connectivity index (χ1v) is 16.8. The van der Waals surface area contributed by atoms with E-state index >= 15 is 0 Å². The Kier molecular flexibility index (Phi) is 7.06. The standard InChI is InChI=1S/C47H34N2/c1-48-45-32-27-37-13-8-9-16-42(37)46(45)44-18-10-17-43(47(44)48)38-21-19-34(20-22-38)36-25-30-41(31-26-36)49(39-14-6-3-7-15-39)40-28-23-35(24-29-40)33-11-4-2-5-12-33/h2-32H,1H3. The van der Waals surface area contributed by atoms with Crippen molar-refractivity contribution in [3.8, 4) is 33.4 Å². The molecule has 2 heteroatoms. The van der Waals surface area contributed by atoms with E-state index in [0.29, 0.717) is 0 Å². The van der Waals surface area contributed by atoms with Crippen molar-refractivity contribution in [3.05, 3.63) is 188 Å². The number of benzene rings is 8. The van der Waals surface area contributed by atoms with Crippen LogP contribution in [0.2, 0.25) is 0 Å². The predicted octanol–water partition coefficient (Wildman–Crippen LogP) is 13.0. The van der Waals surface area contributed by atoms with E-state index in [9.17, 15) is 0 Å². The van der Waals surface area contributed by atoms with Gasteiger partial charge in [0.25, 0.3) is 0 Å². The fourth-order valence-corrected chi connectivity index (χ4v) is 7.39. The third kappa shape index (κ3) is 5.06. The molecule has 1 heterocycles. The van der Waals surface area contributed by atoms with Gasteiger partial charge in [0.15, 0.2) is 0 Å². The second kappa shape index (κ2) is 12.0. The minimum atomic E-state index is 1.12. The van der Waals surface area contributed by atoms with Crippen LogP contribution in [0, 0.1) is 0 Å². The highest BCUT2D eigenvalue weighted by Crippen LogP contribution is 2.40. The normalized spacial score (nSPS) is 11.4. The summed E-state index contributed by atoms with van der Waals surface area (Å²) in [5.41, 5.74) is 13.2. The molecule has 0 amide bonds. The van der Waals surface area contributed by atoms with Gasteiger partial charge in [0, 0.05) is 46.0 Å². The Hall–Kier alpha value is -6.38. The molecule has 0 N–H and O–H groups in total. The molecule has 0 unspecified atom stereocenters. The summed E-state index contributed by atoms with van der Waals surface area (Å²) in [7, 11) is 2.19. The zero-order valence-electron chi connectivity index (χ0n) is 27.3. The Morgan fingerprint density at radius 2 is 0.857 bits per heavy atom. The number of fused-ring (bicyclic) bond motifs is 5. The third-order valence-electron chi connectivity index (χ3n) is 9.81. The highest BCUT2D eigenvalue weighted by Gasteiger charge is 2.16. The highest BCUT2D eigenvalue weighted by atomic mass is 15.1. The Bertz CT molecular complexity index is 2560. The van der Waals surface area contributed by atoms with Gasteiger partial charge in [-0.2, -0.15) is 0 Å². The molecular weight excluding hydrogens is 593 g/mol. The third-order valence-corrected chi connectivity index (χ3v) is 9.81. The Labute approximate surface area is 286 Å². The summed E-state index contributed by atoms with van der Waals surface area (Å²) in [5, 5.41) is 5.20. The lowest BCUT2D eigenvalue weighted by Crippen LogP contribution is -2.09. The monoisotopic (exact) mass is 626 g/mol. The van der Waals surface area contributed by atoms with E-state index in [4.69, 9.17) is 0 Å². The number of anilines is 3. The molecule has 9 aromatic rings. The van der Waals surface area contributed by atoms with Crippen molar-refractivity contribution in [1.82, 2.24) is 4.57 Å². The van der Waals surface area contributed by atoms with Crippen LogP contribution < -0.4 is 4.90 Å². The molecule has 0 saturated heterocycles. The minimum Gasteiger partial charge on any atom is -0.343 e. The summed E-state index contributed by atoms with van der Waals surface area (Å²) < 4.78 is 2.35. The Morgan fingerprint density at radius 3 is 1.51 bits per heavy atom. The molecule has 9 rings (SSSR count). The van der Waals surface area contributed by atoms with Gasteiger partial charge in [-0.15, -0.1) is 0 Å². The lowest BCUT2D eigenvalue weighted by Gasteiger charge is -2.26. The van der Waals surface area contributed by atoms with E-state index in [1.807, 2.05) is 0 Å². The van der Waals surface area contributed by atoms with Gasteiger partial charge in [-0.1, -0.05) is 146 Å². The van der Waals surface area contributed by atoms with Crippen LogP contribution >= 0.6 is 0 Å². The average Bonchev–Trinajstić information content (AvgIpc) is 3.48. The van der Waals surface area contributed by atoms with Crippen LogP contribution in [0.1, 0.15) is 0 Å². The maximum Gasteiger partial charge on any atom is 0.0568 e. The first-order chi connectivity index (χ1) is 24.2.